The molecular formula is C10H16N4O. The van der Waals surface area contributed by atoms with E-state index in [1.807, 2.05) is 0 Å². The molecule has 0 bridgehead atoms. The maximum Gasteiger partial charge on any atom is 0.237 e. The number of hydrogen-bond donors (Lipinski definition) is 3. The van der Waals surface area contributed by atoms with Gasteiger partial charge in [-0.15, -0.1) is 0 Å². The van der Waals surface area contributed by atoms with E-state index in [1.165, 1.54) is 0 Å². The molecule has 0 spiro atoms. The fourth-order valence-corrected chi connectivity index (χ4v) is 1.75. The standard InChI is InChI=1S/C10H16N4O/c15-10-9(3-1-2-4-12-10)13-6-8-5-11-7-14-8/h5,7,9,13H,1-4,6H2,(H,11,14)(H,12,15). The molecule has 0 saturated carbocycles. The van der Waals surface area contributed by atoms with E-state index in [-0.39, 0.29) is 11.9 Å². The van der Waals surface area contributed by atoms with Crippen molar-refractivity contribution in [1.82, 2.24) is 20.6 Å². The summed E-state index contributed by atoms with van der Waals surface area (Å²) in [5.41, 5.74) is 1.01. The fraction of sp³-hybridized carbons (Fsp3) is 0.600. The Morgan fingerprint density at radius 3 is 3.27 bits per heavy atom. The second kappa shape index (κ2) is 4.93. The highest BCUT2D eigenvalue weighted by Gasteiger charge is 2.19. The number of carbonyl (C=O) groups is 1. The van der Waals surface area contributed by atoms with Crippen molar-refractivity contribution in [2.45, 2.75) is 31.8 Å². The summed E-state index contributed by atoms with van der Waals surface area (Å²) in [6.07, 6.45) is 6.50. The van der Waals surface area contributed by atoms with Crippen LogP contribution in [-0.4, -0.2) is 28.5 Å². The van der Waals surface area contributed by atoms with Gasteiger partial charge in [0.15, 0.2) is 0 Å². The molecule has 2 rings (SSSR count). The number of nitrogens with one attached hydrogen (secondary N) is 3. The van der Waals surface area contributed by atoms with Crippen LogP contribution in [0.5, 0.6) is 0 Å². The first kappa shape index (κ1) is 10.2. The first-order chi connectivity index (χ1) is 7.36. The minimum absolute atomic E-state index is 0.0594. The maximum atomic E-state index is 11.6. The summed E-state index contributed by atoms with van der Waals surface area (Å²) in [6.45, 7) is 1.47. The molecule has 5 nitrogen and oxygen atoms in total. The number of nitrogens with zero attached hydrogens (tertiary/aromatic N) is 1. The highest BCUT2D eigenvalue weighted by molar-refractivity contribution is 5.81. The molecule has 2 heterocycles. The number of aromatic amines is 1. The van der Waals surface area contributed by atoms with Gasteiger partial charge < -0.3 is 15.6 Å². The molecule has 15 heavy (non-hydrogen) atoms. The monoisotopic (exact) mass is 208 g/mol. The first-order valence-electron chi connectivity index (χ1n) is 5.34. The molecule has 0 aromatic carbocycles. The molecule has 1 saturated heterocycles. The minimum atomic E-state index is -0.0594. The number of hydrogen-bond acceptors (Lipinski definition) is 3. The van der Waals surface area contributed by atoms with Crippen LogP contribution in [0.15, 0.2) is 12.5 Å². The Bertz CT molecular complexity index is 309. The third-order valence-corrected chi connectivity index (χ3v) is 2.63. The summed E-state index contributed by atoms with van der Waals surface area (Å²) < 4.78 is 0. The van der Waals surface area contributed by atoms with Crippen molar-refractivity contribution >= 4 is 5.91 Å². The Morgan fingerprint density at radius 1 is 1.53 bits per heavy atom. The molecule has 1 fully saturated rings. The molecule has 1 aromatic rings. The molecular weight excluding hydrogens is 192 g/mol. The van der Waals surface area contributed by atoms with Crippen LogP contribution in [0.25, 0.3) is 0 Å². The molecule has 82 valence electrons. The Morgan fingerprint density at radius 2 is 2.47 bits per heavy atom. The van der Waals surface area contributed by atoms with Gasteiger partial charge in [-0.1, -0.05) is 0 Å². The number of amides is 1. The summed E-state index contributed by atoms with van der Waals surface area (Å²) in [7, 11) is 0. The summed E-state index contributed by atoms with van der Waals surface area (Å²) in [5, 5.41) is 6.13. The number of carbonyl (C=O) groups excluding carboxylic acids is 1. The molecule has 1 aromatic heterocycles. The predicted octanol–water partition coefficient (Wildman–Crippen LogP) is 0.168. The SMILES string of the molecule is O=C1NCCCCC1NCc1cnc[nH]1. The van der Waals surface area contributed by atoms with E-state index in [2.05, 4.69) is 20.6 Å². The van der Waals surface area contributed by atoms with E-state index in [1.54, 1.807) is 12.5 Å². The maximum absolute atomic E-state index is 11.6. The lowest BCUT2D eigenvalue weighted by Gasteiger charge is -2.14. The van der Waals surface area contributed by atoms with Crippen LogP contribution in [0, 0.1) is 0 Å². The summed E-state index contributed by atoms with van der Waals surface area (Å²) in [4.78, 5) is 18.5. The molecule has 0 aliphatic carbocycles. The van der Waals surface area contributed by atoms with Gasteiger partial charge in [-0.05, 0) is 19.3 Å². The zero-order valence-corrected chi connectivity index (χ0v) is 8.62. The lowest BCUT2D eigenvalue weighted by molar-refractivity contribution is -0.122. The van der Waals surface area contributed by atoms with Crippen LogP contribution < -0.4 is 10.6 Å². The third kappa shape index (κ3) is 2.79. The van der Waals surface area contributed by atoms with Crippen molar-refractivity contribution in [2.75, 3.05) is 6.54 Å². The number of imidazole rings is 1. The Balaban J connectivity index is 1.84. The van der Waals surface area contributed by atoms with Gasteiger partial charge in [0.05, 0.1) is 12.4 Å². The summed E-state index contributed by atoms with van der Waals surface area (Å²) in [5.74, 6) is 0.118. The number of rotatable bonds is 3. The van der Waals surface area contributed by atoms with Crippen LogP contribution >= 0.6 is 0 Å². The molecule has 5 heteroatoms. The smallest absolute Gasteiger partial charge is 0.237 e. The van der Waals surface area contributed by atoms with Gasteiger partial charge in [-0.2, -0.15) is 0 Å². The normalized spacial score (nSPS) is 22.1. The second-order valence-corrected chi connectivity index (χ2v) is 3.80. The van der Waals surface area contributed by atoms with Gasteiger partial charge in [-0.3, -0.25) is 4.79 Å². The average Bonchev–Trinajstić information content (AvgIpc) is 2.67. The van der Waals surface area contributed by atoms with Gasteiger partial charge in [0.25, 0.3) is 0 Å². The van der Waals surface area contributed by atoms with E-state index in [4.69, 9.17) is 0 Å². The fourth-order valence-electron chi connectivity index (χ4n) is 1.75. The molecule has 1 atom stereocenters. The first-order valence-corrected chi connectivity index (χ1v) is 5.34. The van der Waals surface area contributed by atoms with Crippen molar-refractivity contribution in [3.05, 3.63) is 18.2 Å². The van der Waals surface area contributed by atoms with Gasteiger partial charge in [0.2, 0.25) is 5.91 Å². The third-order valence-electron chi connectivity index (χ3n) is 2.63. The van der Waals surface area contributed by atoms with Crippen molar-refractivity contribution in [3.8, 4) is 0 Å². The highest BCUT2D eigenvalue weighted by atomic mass is 16.2. The quantitative estimate of drug-likeness (QED) is 0.663. The zero-order chi connectivity index (χ0) is 10.5. The lowest BCUT2D eigenvalue weighted by Crippen LogP contribution is -2.42. The van der Waals surface area contributed by atoms with Crippen LogP contribution in [0.4, 0.5) is 0 Å². The van der Waals surface area contributed by atoms with Crippen LogP contribution in [-0.2, 0) is 11.3 Å². The van der Waals surface area contributed by atoms with Crippen molar-refractivity contribution in [2.24, 2.45) is 0 Å². The highest BCUT2D eigenvalue weighted by Crippen LogP contribution is 2.05. The molecule has 3 N–H and O–H groups in total. The number of H-pyrrole nitrogens is 1. The van der Waals surface area contributed by atoms with Crippen LogP contribution in [0.2, 0.25) is 0 Å². The van der Waals surface area contributed by atoms with E-state index in [9.17, 15) is 4.79 Å². The summed E-state index contributed by atoms with van der Waals surface area (Å²) >= 11 is 0. The lowest BCUT2D eigenvalue weighted by atomic mass is 10.1. The summed E-state index contributed by atoms with van der Waals surface area (Å²) in [6, 6.07) is -0.0594. The van der Waals surface area contributed by atoms with Crippen molar-refractivity contribution in [3.63, 3.8) is 0 Å². The second-order valence-electron chi connectivity index (χ2n) is 3.80. The largest absolute Gasteiger partial charge is 0.355 e. The van der Waals surface area contributed by atoms with E-state index < -0.39 is 0 Å². The molecule has 1 aliphatic rings. The molecule has 1 unspecified atom stereocenters. The Labute approximate surface area is 88.7 Å². The van der Waals surface area contributed by atoms with Gasteiger partial charge >= 0.3 is 0 Å². The van der Waals surface area contributed by atoms with Gasteiger partial charge in [0, 0.05) is 25.0 Å². The van der Waals surface area contributed by atoms with Gasteiger partial charge in [-0.25, -0.2) is 4.98 Å². The van der Waals surface area contributed by atoms with Crippen molar-refractivity contribution < 1.29 is 4.79 Å². The minimum Gasteiger partial charge on any atom is -0.355 e. The topological polar surface area (TPSA) is 69.8 Å². The Kier molecular flexibility index (Phi) is 3.34. The van der Waals surface area contributed by atoms with E-state index in [0.717, 1.165) is 31.5 Å². The molecule has 0 radical (unpaired) electrons. The Hall–Kier alpha value is -1.36. The van der Waals surface area contributed by atoms with Crippen LogP contribution in [0.3, 0.4) is 0 Å². The van der Waals surface area contributed by atoms with Gasteiger partial charge in [0.1, 0.15) is 0 Å². The van der Waals surface area contributed by atoms with E-state index >= 15 is 0 Å². The van der Waals surface area contributed by atoms with Crippen molar-refractivity contribution in [1.29, 1.82) is 0 Å². The average molecular weight is 208 g/mol. The van der Waals surface area contributed by atoms with Crippen LogP contribution in [0.1, 0.15) is 25.0 Å². The molecule has 1 amide bonds. The zero-order valence-electron chi connectivity index (χ0n) is 8.62. The predicted molar refractivity (Wildman–Crippen MR) is 56.1 cm³/mol. The molecule has 1 aliphatic heterocycles. The number of aromatic nitrogens is 2. The van der Waals surface area contributed by atoms with E-state index in [0.29, 0.717) is 6.54 Å².